The predicted molar refractivity (Wildman–Crippen MR) is 110 cm³/mol. The number of nitrogens with one attached hydrogen (secondary N) is 1. The largest absolute Gasteiger partial charge is 0.365 e. The van der Waals surface area contributed by atoms with E-state index in [2.05, 4.69) is 15.2 Å². The summed E-state index contributed by atoms with van der Waals surface area (Å²) in [4.78, 5) is 33.3. The highest BCUT2D eigenvalue weighted by Crippen LogP contribution is 2.31. The van der Waals surface area contributed by atoms with Crippen LogP contribution < -0.4 is 5.32 Å². The third-order valence-corrected chi connectivity index (χ3v) is 6.28. The number of morpholine rings is 1. The number of hydrogen-bond donors (Lipinski definition) is 1. The van der Waals surface area contributed by atoms with Crippen molar-refractivity contribution < 1.29 is 14.3 Å². The maximum Gasteiger partial charge on any atom is 0.252 e. The number of carbonyl (C=O) groups is 2. The molecule has 1 aliphatic carbocycles. The Balaban J connectivity index is 1.21. The number of ether oxygens (including phenoxy) is 1. The minimum absolute atomic E-state index is 0.0655. The first-order valence-electron chi connectivity index (χ1n) is 10.9. The highest BCUT2D eigenvalue weighted by atomic mass is 16.5. The van der Waals surface area contributed by atoms with Crippen LogP contribution in [0.15, 0.2) is 18.3 Å². The van der Waals surface area contributed by atoms with Gasteiger partial charge in [0.25, 0.3) is 5.91 Å². The van der Waals surface area contributed by atoms with Gasteiger partial charge in [0.2, 0.25) is 5.91 Å². The van der Waals surface area contributed by atoms with Crippen molar-refractivity contribution in [3.63, 3.8) is 0 Å². The van der Waals surface area contributed by atoms with Crippen LogP contribution in [0.4, 0.5) is 0 Å². The normalized spacial score (nSPS) is 24.0. The molecule has 0 aromatic carbocycles. The standard InChI is InChI=1S/C22H32N4O3/c1-16-2-5-19(10-23-16)22(28)24-11-20-14-26(21(27)15-29-20)13-18-6-8-25(9-7-18)12-17-3-4-17/h2,5,10,17-18,20H,3-4,6-9,11-15H2,1H3,(H,24,28)/t20-/m1/s1. The average molecular weight is 401 g/mol. The monoisotopic (exact) mass is 400 g/mol. The lowest BCUT2D eigenvalue weighted by Crippen LogP contribution is -2.52. The van der Waals surface area contributed by atoms with Crippen LogP contribution in [0, 0.1) is 18.8 Å². The van der Waals surface area contributed by atoms with Gasteiger partial charge in [0.05, 0.1) is 11.7 Å². The molecular weight excluding hydrogens is 368 g/mol. The van der Waals surface area contributed by atoms with Gasteiger partial charge in [-0.1, -0.05) is 0 Å². The second-order valence-corrected chi connectivity index (χ2v) is 8.82. The van der Waals surface area contributed by atoms with Gasteiger partial charge < -0.3 is 19.9 Å². The van der Waals surface area contributed by atoms with E-state index in [1.54, 1.807) is 12.3 Å². The number of aromatic nitrogens is 1. The van der Waals surface area contributed by atoms with Gasteiger partial charge in [-0.25, -0.2) is 0 Å². The molecule has 29 heavy (non-hydrogen) atoms. The van der Waals surface area contributed by atoms with Crippen LogP contribution >= 0.6 is 0 Å². The highest BCUT2D eigenvalue weighted by Gasteiger charge is 2.31. The fourth-order valence-electron chi connectivity index (χ4n) is 4.22. The number of nitrogens with zero attached hydrogens (tertiary/aromatic N) is 3. The molecule has 7 heteroatoms. The Morgan fingerprint density at radius 1 is 1.17 bits per heavy atom. The Morgan fingerprint density at radius 3 is 2.62 bits per heavy atom. The molecule has 0 spiro atoms. The second kappa shape index (κ2) is 9.22. The van der Waals surface area contributed by atoms with E-state index in [0.717, 1.165) is 31.2 Å². The fourth-order valence-corrected chi connectivity index (χ4v) is 4.22. The minimum atomic E-state index is -0.162. The van der Waals surface area contributed by atoms with Crippen molar-refractivity contribution in [2.75, 3.05) is 45.9 Å². The summed E-state index contributed by atoms with van der Waals surface area (Å²) < 4.78 is 5.65. The number of rotatable bonds is 7. The van der Waals surface area contributed by atoms with Crippen molar-refractivity contribution >= 4 is 11.8 Å². The molecule has 158 valence electrons. The van der Waals surface area contributed by atoms with Crippen molar-refractivity contribution in [1.82, 2.24) is 20.1 Å². The number of carbonyl (C=O) groups excluding carboxylic acids is 2. The van der Waals surface area contributed by atoms with Crippen LogP contribution in [0.5, 0.6) is 0 Å². The molecule has 3 aliphatic rings. The number of pyridine rings is 1. The zero-order chi connectivity index (χ0) is 20.2. The van der Waals surface area contributed by atoms with Gasteiger partial charge in [0.1, 0.15) is 6.61 Å². The summed E-state index contributed by atoms with van der Waals surface area (Å²) in [5.41, 5.74) is 1.42. The summed E-state index contributed by atoms with van der Waals surface area (Å²) in [7, 11) is 0. The molecule has 1 aromatic heterocycles. The lowest BCUT2D eigenvalue weighted by atomic mass is 9.95. The third kappa shape index (κ3) is 5.76. The molecular formula is C22H32N4O3. The van der Waals surface area contributed by atoms with Crippen LogP contribution in [-0.4, -0.2) is 78.6 Å². The number of hydrogen-bond acceptors (Lipinski definition) is 5. The van der Waals surface area contributed by atoms with Gasteiger partial charge in [-0.2, -0.15) is 0 Å². The SMILES string of the molecule is Cc1ccc(C(=O)NC[C@@H]2CN(CC3CCN(CC4CC4)CC3)C(=O)CO2)cn1. The number of piperidine rings is 1. The van der Waals surface area contributed by atoms with Crippen molar-refractivity contribution in [2.45, 2.75) is 38.7 Å². The number of amides is 2. The molecule has 0 radical (unpaired) electrons. The van der Waals surface area contributed by atoms with Crippen molar-refractivity contribution in [2.24, 2.45) is 11.8 Å². The maximum atomic E-state index is 12.3. The fraction of sp³-hybridized carbons (Fsp3) is 0.682. The molecule has 2 saturated heterocycles. The van der Waals surface area contributed by atoms with E-state index in [9.17, 15) is 9.59 Å². The van der Waals surface area contributed by atoms with Gasteiger partial charge in [-0.3, -0.25) is 14.6 Å². The zero-order valence-electron chi connectivity index (χ0n) is 17.3. The van der Waals surface area contributed by atoms with Gasteiger partial charge >= 0.3 is 0 Å². The van der Waals surface area contributed by atoms with Gasteiger partial charge in [-0.15, -0.1) is 0 Å². The average Bonchev–Trinajstić information content (AvgIpc) is 3.54. The first-order chi connectivity index (χ1) is 14.1. The molecule has 0 bridgehead atoms. The summed E-state index contributed by atoms with van der Waals surface area (Å²) in [6.07, 6.45) is 6.56. The molecule has 1 N–H and O–H groups in total. The van der Waals surface area contributed by atoms with Crippen molar-refractivity contribution in [1.29, 1.82) is 0 Å². The van der Waals surface area contributed by atoms with E-state index in [0.29, 0.717) is 24.6 Å². The van der Waals surface area contributed by atoms with Crippen molar-refractivity contribution in [3.05, 3.63) is 29.6 Å². The van der Waals surface area contributed by atoms with Crippen molar-refractivity contribution in [3.8, 4) is 0 Å². The number of likely N-dealkylation sites (tertiary alicyclic amines) is 1. The van der Waals surface area contributed by atoms with Gasteiger partial charge in [0.15, 0.2) is 0 Å². The molecule has 3 fully saturated rings. The highest BCUT2D eigenvalue weighted by molar-refractivity contribution is 5.93. The Kier molecular flexibility index (Phi) is 6.45. The summed E-state index contributed by atoms with van der Waals surface area (Å²) in [6.45, 7) is 7.33. The van der Waals surface area contributed by atoms with E-state index in [-0.39, 0.29) is 24.5 Å². The Hall–Kier alpha value is -1.99. The van der Waals surface area contributed by atoms with E-state index >= 15 is 0 Å². The Bertz CT molecular complexity index is 711. The van der Waals surface area contributed by atoms with Crippen LogP contribution in [0.3, 0.4) is 0 Å². The molecule has 1 saturated carbocycles. The van der Waals surface area contributed by atoms with E-state index in [4.69, 9.17) is 4.74 Å². The van der Waals surface area contributed by atoms with E-state index in [1.165, 1.54) is 32.2 Å². The summed E-state index contributed by atoms with van der Waals surface area (Å²) in [5, 5.41) is 2.91. The lowest BCUT2D eigenvalue weighted by Gasteiger charge is -2.38. The molecule has 1 aromatic rings. The summed E-state index contributed by atoms with van der Waals surface area (Å²) in [5.74, 6) is 1.42. The number of aryl methyl sites for hydroxylation is 1. The van der Waals surface area contributed by atoms with Gasteiger partial charge in [-0.05, 0) is 69.7 Å². The van der Waals surface area contributed by atoms with Crippen LogP contribution in [-0.2, 0) is 9.53 Å². The molecule has 2 amide bonds. The van der Waals surface area contributed by atoms with E-state index in [1.807, 2.05) is 17.9 Å². The summed E-state index contributed by atoms with van der Waals surface area (Å²) >= 11 is 0. The molecule has 7 nitrogen and oxygen atoms in total. The van der Waals surface area contributed by atoms with Crippen LogP contribution in [0.1, 0.15) is 41.7 Å². The zero-order valence-corrected chi connectivity index (χ0v) is 17.3. The second-order valence-electron chi connectivity index (χ2n) is 8.82. The third-order valence-electron chi connectivity index (χ3n) is 6.28. The van der Waals surface area contributed by atoms with Gasteiger partial charge in [0, 0.05) is 38.1 Å². The molecule has 1 atom stereocenters. The van der Waals surface area contributed by atoms with Crippen LogP contribution in [0.25, 0.3) is 0 Å². The van der Waals surface area contributed by atoms with E-state index < -0.39 is 0 Å². The first kappa shape index (κ1) is 20.3. The molecule has 2 aliphatic heterocycles. The summed E-state index contributed by atoms with van der Waals surface area (Å²) in [6, 6.07) is 3.59. The first-order valence-corrected chi connectivity index (χ1v) is 10.9. The predicted octanol–water partition coefficient (Wildman–Crippen LogP) is 1.47. The smallest absolute Gasteiger partial charge is 0.252 e. The Labute approximate surface area is 172 Å². The topological polar surface area (TPSA) is 74.8 Å². The quantitative estimate of drug-likeness (QED) is 0.750. The molecule has 4 rings (SSSR count). The molecule has 0 unspecified atom stereocenters. The maximum absolute atomic E-state index is 12.3. The minimum Gasteiger partial charge on any atom is -0.365 e. The Morgan fingerprint density at radius 2 is 1.93 bits per heavy atom. The molecule has 3 heterocycles. The van der Waals surface area contributed by atoms with Crippen LogP contribution in [0.2, 0.25) is 0 Å². The lowest BCUT2D eigenvalue weighted by molar-refractivity contribution is -0.149.